The zero-order valence-electron chi connectivity index (χ0n) is 13.5. The summed E-state index contributed by atoms with van der Waals surface area (Å²) in [6.45, 7) is 5.36. The summed E-state index contributed by atoms with van der Waals surface area (Å²) in [5.41, 5.74) is 0. The van der Waals surface area contributed by atoms with Gasteiger partial charge in [0, 0.05) is 19.9 Å². The third-order valence-corrected chi connectivity index (χ3v) is 2.78. The minimum atomic E-state index is -2.82. The minimum absolute atomic E-state index is 0.0906. The Balaban J connectivity index is 2.49. The molecule has 0 atom stereocenters. The second-order valence-electron chi connectivity index (χ2n) is 5.10. The van der Waals surface area contributed by atoms with Crippen molar-refractivity contribution in [2.45, 2.75) is 46.0 Å². The Morgan fingerprint density at radius 2 is 2.05 bits per heavy atom. The zero-order chi connectivity index (χ0) is 16.4. The molecule has 0 aliphatic carbocycles. The Bertz CT molecular complexity index is 439. The number of unbranched alkanes of at least 4 members (excludes halogenated alkanes) is 1. The van der Waals surface area contributed by atoms with Crippen molar-refractivity contribution in [3.8, 4) is 5.75 Å². The number of nitrogens with zero attached hydrogens (tertiary/aromatic N) is 2. The van der Waals surface area contributed by atoms with Crippen molar-refractivity contribution in [3.63, 3.8) is 0 Å². The lowest BCUT2D eigenvalue weighted by Gasteiger charge is -2.14. The van der Waals surface area contributed by atoms with E-state index < -0.39 is 12.5 Å². The van der Waals surface area contributed by atoms with Crippen LogP contribution in [-0.2, 0) is 11.2 Å². The Kier molecular flexibility index (Phi) is 8.01. The molecule has 0 bridgehead atoms. The Labute approximate surface area is 130 Å². The van der Waals surface area contributed by atoms with Crippen molar-refractivity contribution in [1.82, 2.24) is 9.97 Å². The molecule has 0 aliphatic heterocycles. The second-order valence-corrected chi connectivity index (χ2v) is 5.10. The SMILES string of the molecule is CCCCNc1nc(CC)ncc1OCCOCC(C)(F)F. The summed E-state index contributed by atoms with van der Waals surface area (Å²) >= 11 is 0. The highest BCUT2D eigenvalue weighted by molar-refractivity contribution is 5.48. The maximum Gasteiger partial charge on any atom is 0.268 e. The van der Waals surface area contributed by atoms with Gasteiger partial charge in [-0.2, -0.15) is 0 Å². The zero-order valence-corrected chi connectivity index (χ0v) is 13.5. The largest absolute Gasteiger partial charge is 0.486 e. The molecule has 7 heteroatoms. The van der Waals surface area contributed by atoms with E-state index in [2.05, 4.69) is 22.2 Å². The van der Waals surface area contributed by atoms with E-state index in [-0.39, 0.29) is 13.2 Å². The highest BCUT2D eigenvalue weighted by Crippen LogP contribution is 2.21. The minimum Gasteiger partial charge on any atom is -0.486 e. The van der Waals surface area contributed by atoms with Gasteiger partial charge in [0.1, 0.15) is 19.0 Å². The van der Waals surface area contributed by atoms with Crippen LogP contribution in [0.5, 0.6) is 5.75 Å². The first-order valence-corrected chi connectivity index (χ1v) is 7.64. The van der Waals surface area contributed by atoms with Gasteiger partial charge in [-0.25, -0.2) is 18.7 Å². The first-order valence-electron chi connectivity index (χ1n) is 7.64. The standard InChI is InChI=1S/C15H25F2N3O2/c1-4-6-7-18-14-12(10-19-13(5-2)20-14)22-9-8-21-11-15(3,16)17/h10H,4-9,11H2,1-3H3,(H,18,19,20). The molecule has 0 aliphatic rings. The number of halogens is 2. The molecular formula is C15H25F2N3O2. The van der Waals surface area contributed by atoms with E-state index >= 15 is 0 Å². The van der Waals surface area contributed by atoms with Crippen LogP contribution in [0.4, 0.5) is 14.6 Å². The van der Waals surface area contributed by atoms with Gasteiger partial charge in [-0.3, -0.25) is 0 Å². The number of anilines is 1. The summed E-state index contributed by atoms with van der Waals surface area (Å²) in [4.78, 5) is 8.58. The lowest BCUT2D eigenvalue weighted by atomic mass is 10.3. The van der Waals surface area contributed by atoms with Crippen LogP contribution in [0.2, 0.25) is 0 Å². The summed E-state index contributed by atoms with van der Waals surface area (Å²) < 4.78 is 35.6. The Hall–Kier alpha value is -1.50. The Morgan fingerprint density at radius 3 is 2.68 bits per heavy atom. The van der Waals surface area contributed by atoms with Crippen molar-refractivity contribution < 1.29 is 18.3 Å². The van der Waals surface area contributed by atoms with Crippen LogP contribution < -0.4 is 10.1 Å². The number of nitrogens with one attached hydrogen (secondary N) is 1. The molecule has 22 heavy (non-hydrogen) atoms. The maximum absolute atomic E-state index is 12.6. The fraction of sp³-hybridized carbons (Fsp3) is 0.733. The average Bonchev–Trinajstić information content (AvgIpc) is 2.47. The molecule has 0 saturated heterocycles. The third-order valence-electron chi connectivity index (χ3n) is 2.78. The van der Waals surface area contributed by atoms with Crippen LogP contribution in [0.15, 0.2) is 6.20 Å². The monoisotopic (exact) mass is 317 g/mol. The van der Waals surface area contributed by atoms with Gasteiger partial charge in [0.2, 0.25) is 0 Å². The normalized spacial score (nSPS) is 11.5. The van der Waals surface area contributed by atoms with Crippen LogP contribution in [0.25, 0.3) is 0 Å². The quantitative estimate of drug-likeness (QED) is 0.635. The van der Waals surface area contributed by atoms with Gasteiger partial charge in [0.25, 0.3) is 5.92 Å². The lowest BCUT2D eigenvalue weighted by Crippen LogP contribution is -2.21. The van der Waals surface area contributed by atoms with Gasteiger partial charge >= 0.3 is 0 Å². The van der Waals surface area contributed by atoms with Crippen molar-refractivity contribution >= 4 is 5.82 Å². The van der Waals surface area contributed by atoms with Crippen LogP contribution in [0.3, 0.4) is 0 Å². The van der Waals surface area contributed by atoms with Gasteiger partial charge in [0.15, 0.2) is 11.6 Å². The predicted octanol–water partition coefficient (Wildman–Crippen LogP) is 3.30. The number of hydrogen-bond donors (Lipinski definition) is 1. The molecule has 1 aromatic heterocycles. The van der Waals surface area contributed by atoms with Crippen molar-refractivity contribution in [2.24, 2.45) is 0 Å². The van der Waals surface area contributed by atoms with Gasteiger partial charge in [-0.05, 0) is 6.42 Å². The van der Waals surface area contributed by atoms with Gasteiger partial charge in [0.05, 0.1) is 12.8 Å². The molecule has 1 N–H and O–H groups in total. The van der Waals surface area contributed by atoms with E-state index in [4.69, 9.17) is 9.47 Å². The summed E-state index contributed by atoms with van der Waals surface area (Å²) in [5.74, 6) is -0.937. The molecule has 0 fully saturated rings. The molecule has 0 amide bonds. The summed E-state index contributed by atoms with van der Waals surface area (Å²) in [6, 6.07) is 0. The molecule has 1 heterocycles. The summed E-state index contributed by atoms with van der Waals surface area (Å²) in [6.07, 6.45) is 4.44. The van der Waals surface area contributed by atoms with Crippen LogP contribution in [0, 0.1) is 0 Å². The number of rotatable bonds is 11. The molecule has 0 saturated carbocycles. The molecular weight excluding hydrogens is 292 g/mol. The van der Waals surface area contributed by atoms with Crippen molar-refractivity contribution in [2.75, 3.05) is 31.7 Å². The van der Waals surface area contributed by atoms with E-state index in [1.165, 1.54) is 0 Å². The molecule has 0 aromatic carbocycles. The molecule has 5 nitrogen and oxygen atoms in total. The third kappa shape index (κ3) is 7.49. The molecule has 1 rings (SSSR count). The maximum atomic E-state index is 12.6. The summed E-state index contributed by atoms with van der Waals surface area (Å²) in [7, 11) is 0. The van der Waals surface area contributed by atoms with E-state index in [9.17, 15) is 8.78 Å². The van der Waals surface area contributed by atoms with Crippen molar-refractivity contribution in [3.05, 3.63) is 12.0 Å². The number of hydrogen-bond acceptors (Lipinski definition) is 5. The van der Waals surface area contributed by atoms with Gasteiger partial charge in [-0.15, -0.1) is 0 Å². The molecule has 0 radical (unpaired) electrons. The van der Waals surface area contributed by atoms with Crippen molar-refractivity contribution in [1.29, 1.82) is 0 Å². The van der Waals surface area contributed by atoms with Gasteiger partial charge < -0.3 is 14.8 Å². The fourth-order valence-electron chi connectivity index (χ4n) is 1.66. The molecule has 126 valence electrons. The van der Waals surface area contributed by atoms with E-state index in [0.717, 1.165) is 38.6 Å². The first-order chi connectivity index (χ1) is 10.5. The molecule has 0 spiro atoms. The number of ether oxygens (including phenoxy) is 2. The Morgan fingerprint density at radius 1 is 1.27 bits per heavy atom. The number of aryl methyl sites for hydroxylation is 1. The van der Waals surface area contributed by atoms with E-state index in [1.807, 2.05) is 6.92 Å². The fourth-order valence-corrected chi connectivity index (χ4v) is 1.66. The van der Waals surface area contributed by atoms with E-state index in [0.29, 0.717) is 11.6 Å². The molecule has 0 unspecified atom stereocenters. The smallest absolute Gasteiger partial charge is 0.268 e. The van der Waals surface area contributed by atoms with Crippen LogP contribution >= 0.6 is 0 Å². The van der Waals surface area contributed by atoms with Crippen LogP contribution in [-0.4, -0.2) is 42.3 Å². The average molecular weight is 317 g/mol. The predicted molar refractivity (Wildman–Crippen MR) is 81.7 cm³/mol. The summed E-state index contributed by atoms with van der Waals surface area (Å²) in [5, 5.41) is 3.22. The van der Waals surface area contributed by atoms with E-state index in [1.54, 1.807) is 6.20 Å². The lowest BCUT2D eigenvalue weighted by molar-refractivity contribution is -0.0663. The van der Waals surface area contributed by atoms with Gasteiger partial charge in [-0.1, -0.05) is 20.3 Å². The first kappa shape index (κ1) is 18.5. The number of alkyl halides is 2. The topological polar surface area (TPSA) is 56.3 Å². The molecule has 1 aromatic rings. The number of aromatic nitrogens is 2. The van der Waals surface area contributed by atoms with Crippen LogP contribution in [0.1, 0.15) is 39.4 Å². The highest BCUT2D eigenvalue weighted by Gasteiger charge is 2.20. The second kappa shape index (κ2) is 9.50. The highest BCUT2D eigenvalue weighted by atomic mass is 19.3.